The number of ether oxygens (including phenoxy) is 1. The number of hydrogen-bond acceptors (Lipinski definition) is 2. The third-order valence-electron chi connectivity index (χ3n) is 6.11. The molecule has 0 aromatic heterocycles. The number of piperidine rings is 1. The van der Waals surface area contributed by atoms with Crippen LogP contribution < -0.4 is 4.74 Å². The Morgan fingerprint density at radius 1 is 1.05 bits per heavy atom. The standard InChI is InChI=1S/C20H29NO/c1-6-14-21(15-7-1)16-8-13-20-12-5-4-10-18(20)17-9-2-3-11-19(17)22-20/h2-3,9,11,18H,1,4-8,10,12-16H2/t18-,20+/m1/s1. The van der Waals surface area contributed by atoms with Crippen LogP contribution in [-0.2, 0) is 0 Å². The molecule has 2 aliphatic heterocycles. The van der Waals surface area contributed by atoms with Crippen LogP contribution in [-0.4, -0.2) is 30.1 Å². The number of fused-ring (bicyclic) bond motifs is 3. The van der Waals surface area contributed by atoms with Crippen molar-refractivity contribution < 1.29 is 4.74 Å². The molecule has 2 nitrogen and oxygen atoms in total. The fourth-order valence-corrected chi connectivity index (χ4v) is 4.99. The van der Waals surface area contributed by atoms with E-state index in [1.54, 1.807) is 0 Å². The van der Waals surface area contributed by atoms with Crippen LogP contribution in [0.4, 0.5) is 0 Å². The Bertz CT molecular complexity index is 508. The lowest BCUT2D eigenvalue weighted by Crippen LogP contribution is -2.41. The van der Waals surface area contributed by atoms with Gasteiger partial charge in [-0.2, -0.15) is 0 Å². The average Bonchev–Trinajstić information content (AvgIpc) is 2.90. The van der Waals surface area contributed by atoms with E-state index in [0.717, 1.165) is 0 Å². The average molecular weight is 299 g/mol. The van der Waals surface area contributed by atoms with Crippen LogP contribution in [0.15, 0.2) is 24.3 Å². The van der Waals surface area contributed by atoms with Gasteiger partial charge in [0.25, 0.3) is 0 Å². The Balaban J connectivity index is 1.42. The topological polar surface area (TPSA) is 12.5 Å². The van der Waals surface area contributed by atoms with Crippen molar-refractivity contribution in [1.82, 2.24) is 4.90 Å². The molecule has 1 aliphatic carbocycles. The second-order valence-corrected chi connectivity index (χ2v) is 7.51. The third kappa shape index (κ3) is 2.67. The number of para-hydroxylation sites is 1. The highest BCUT2D eigenvalue weighted by molar-refractivity contribution is 5.43. The van der Waals surface area contributed by atoms with Crippen LogP contribution in [0.25, 0.3) is 0 Å². The maximum Gasteiger partial charge on any atom is 0.123 e. The number of hydrogen-bond donors (Lipinski definition) is 0. The molecular formula is C20H29NO. The quantitative estimate of drug-likeness (QED) is 0.796. The monoisotopic (exact) mass is 299 g/mol. The maximum absolute atomic E-state index is 6.57. The predicted octanol–water partition coefficient (Wildman–Crippen LogP) is 4.74. The summed E-state index contributed by atoms with van der Waals surface area (Å²) in [6.07, 6.45) is 12.1. The minimum Gasteiger partial charge on any atom is -0.486 e. The highest BCUT2D eigenvalue weighted by Gasteiger charge is 2.48. The number of rotatable bonds is 4. The molecule has 2 atom stereocenters. The first-order valence-electron chi connectivity index (χ1n) is 9.38. The second kappa shape index (κ2) is 6.23. The fraction of sp³-hybridized carbons (Fsp3) is 0.700. The van der Waals surface area contributed by atoms with Gasteiger partial charge < -0.3 is 9.64 Å². The molecule has 22 heavy (non-hydrogen) atoms. The molecule has 1 saturated carbocycles. The highest BCUT2D eigenvalue weighted by atomic mass is 16.5. The molecule has 2 heteroatoms. The van der Waals surface area contributed by atoms with Crippen LogP contribution in [0.1, 0.15) is 69.3 Å². The Morgan fingerprint density at radius 2 is 1.91 bits per heavy atom. The van der Waals surface area contributed by atoms with Crippen molar-refractivity contribution in [3.8, 4) is 5.75 Å². The zero-order valence-corrected chi connectivity index (χ0v) is 13.7. The molecule has 0 N–H and O–H groups in total. The van der Waals surface area contributed by atoms with Crippen molar-refractivity contribution in [2.45, 2.75) is 69.3 Å². The van der Waals surface area contributed by atoms with E-state index in [1.165, 1.54) is 88.7 Å². The Kier molecular flexibility index (Phi) is 4.13. The van der Waals surface area contributed by atoms with Crippen molar-refractivity contribution in [2.75, 3.05) is 19.6 Å². The molecule has 0 unspecified atom stereocenters. The van der Waals surface area contributed by atoms with Gasteiger partial charge in [-0.3, -0.25) is 0 Å². The van der Waals surface area contributed by atoms with Gasteiger partial charge in [-0.05, 0) is 70.6 Å². The summed E-state index contributed by atoms with van der Waals surface area (Å²) in [6, 6.07) is 8.79. The van der Waals surface area contributed by atoms with Gasteiger partial charge in [0.1, 0.15) is 11.4 Å². The molecule has 3 aliphatic rings. The Morgan fingerprint density at radius 3 is 2.82 bits per heavy atom. The first-order chi connectivity index (χ1) is 10.9. The molecule has 1 aromatic rings. The lowest BCUT2D eigenvalue weighted by Gasteiger charge is -2.39. The lowest BCUT2D eigenvalue weighted by atomic mass is 9.71. The van der Waals surface area contributed by atoms with Crippen LogP contribution in [0.5, 0.6) is 5.75 Å². The molecule has 0 spiro atoms. The van der Waals surface area contributed by atoms with Gasteiger partial charge in [-0.1, -0.05) is 31.0 Å². The summed E-state index contributed by atoms with van der Waals surface area (Å²) in [7, 11) is 0. The summed E-state index contributed by atoms with van der Waals surface area (Å²) in [6.45, 7) is 3.91. The first kappa shape index (κ1) is 14.6. The summed E-state index contributed by atoms with van der Waals surface area (Å²) in [5.74, 6) is 1.83. The van der Waals surface area contributed by atoms with E-state index in [0.29, 0.717) is 5.92 Å². The molecule has 0 radical (unpaired) electrons. The molecule has 1 aromatic carbocycles. The summed E-state index contributed by atoms with van der Waals surface area (Å²) < 4.78 is 6.57. The van der Waals surface area contributed by atoms with Crippen molar-refractivity contribution in [3.63, 3.8) is 0 Å². The molecule has 4 rings (SSSR count). The smallest absolute Gasteiger partial charge is 0.123 e. The molecule has 2 heterocycles. The summed E-state index contributed by atoms with van der Waals surface area (Å²) in [5.41, 5.74) is 1.61. The van der Waals surface area contributed by atoms with Crippen LogP contribution >= 0.6 is 0 Å². The van der Waals surface area contributed by atoms with Gasteiger partial charge in [0.2, 0.25) is 0 Å². The zero-order valence-electron chi connectivity index (χ0n) is 13.7. The van der Waals surface area contributed by atoms with Crippen molar-refractivity contribution >= 4 is 0 Å². The Hall–Kier alpha value is -1.02. The van der Waals surface area contributed by atoms with E-state index in [9.17, 15) is 0 Å². The van der Waals surface area contributed by atoms with Gasteiger partial charge in [0, 0.05) is 11.5 Å². The summed E-state index contributed by atoms with van der Waals surface area (Å²) in [4.78, 5) is 2.67. The number of benzene rings is 1. The zero-order chi connectivity index (χ0) is 14.8. The van der Waals surface area contributed by atoms with Gasteiger partial charge >= 0.3 is 0 Å². The van der Waals surface area contributed by atoms with E-state index < -0.39 is 0 Å². The number of likely N-dealkylation sites (tertiary alicyclic amines) is 1. The van der Waals surface area contributed by atoms with Gasteiger partial charge in [0.05, 0.1) is 0 Å². The lowest BCUT2D eigenvalue weighted by molar-refractivity contribution is 0.0224. The van der Waals surface area contributed by atoms with Crippen LogP contribution in [0.3, 0.4) is 0 Å². The predicted molar refractivity (Wildman–Crippen MR) is 90.5 cm³/mol. The number of nitrogens with zero attached hydrogens (tertiary/aromatic N) is 1. The first-order valence-corrected chi connectivity index (χ1v) is 9.38. The van der Waals surface area contributed by atoms with E-state index in [4.69, 9.17) is 4.74 Å². The molecule has 2 fully saturated rings. The normalized spacial score (nSPS) is 31.4. The molecule has 0 bridgehead atoms. The van der Waals surface area contributed by atoms with Crippen molar-refractivity contribution in [3.05, 3.63) is 29.8 Å². The minimum absolute atomic E-state index is 0.123. The maximum atomic E-state index is 6.57. The Labute approximate surface area is 134 Å². The van der Waals surface area contributed by atoms with E-state index in [-0.39, 0.29) is 5.60 Å². The minimum atomic E-state index is 0.123. The fourth-order valence-electron chi connectivity index (χ4n) is 4.99. The second-order valence-electron chi connectivity index (χ2n) is 7.51. The van der Waals surface area contributed by atoms with E-state index >= 15 is 0 Å². The van der Waals surface area contributed by atoms with Gasteiger partial charge in [-0.15, -0.1) is 0 Å². The van der Waals surface area contributed by atoms with Gasteiger partial charge in [0.15, 0.2) is 0 Å². The van der Waals surface area contributed by atoms with Crippen molar-refractivity contribution in [1.29, 1.82) is 0 Å². The molecule has 120 valence electrons. The summed E-state index contributed by atoms with van der Waals surface area (Å²) >= 11 is 0. The SMILES string of the molecule is c1ccc2c(c1)O[C@]1(CCCN3CCCCC3)CCCC[C@H]21. The molecule has 1 saturated heterocycles. The highest BCUT2D eigenvalue weighted by Crippen LogP contribution is 2.53. The summed E-state index contributed by atoms with van der Waals surface area (Å²) in [5, 5.41) is 0. The van der Waals surface area contributed by atoms with Gasteiger partial charge in [-0.25, -0.2) is 0 Å². The van der Waals surface area contributed by atoms with E-state index in [2.05, 4.69) is 29.2 Å². The van der Waals surface area contributed by atoms with E-state index in [1.807, 2.05) is 0 Å². The largest absolute Gasteiger partial charge is 0.486 e. The molecule has 0 amide bonds. The van der Waals surface area contributed by atoms with Crippen LogP contribution in [0.2, 0.25) is 0 Å². The third-order valence-corrected chi connectivity index (χ3v) is 6.11. The van der Waals surface area contributed by atoms with Crippen LogP contribution in [0, 0.1) is 0 Å². The molecular weight excluding hydrogens is 270 g/mol. The van der Waals surface area contributed by atoms with Crippen molar-refractivity contribution in [2.24, 2.45) is 0 Å².